The van der Waals surface area contributed by atoms with Crippen molar-refractivity contribution in [1.29, 1.82) is 0 Å². The Labute approximate surface area is 186 Å². The summed E-state index contributed by atoms with van der Waals surface area (Å²) in [5.74, 6) is -5.12. The molecule has 0 aliphatic carbocycles. The van der Waals surface area contributed by atoms with Gasteiger partial charge in [-0.3, -0.25) is 9.59 Å². The van der Waals surface area contributed by atoms with Crippen molar-refractivity contribution >= 4 is 35.0 Å². The molecule has 0 spiro atoms. The second-order valence-corrected chi connectivity index (χ2v) is 7.69. The molecular formula is C21H20F3N5O2S. The van der Waals surface area contributed by atoms with Crippen LogP contribution in [0.2, 0.25) is 0 Å². The summed E-state index contributed by atoms with van der Waals surface area (Å²) in [5.41, 5.74) is 1.17. The Balaban J connectivity index is 1.61. The van der Waals surface area contributed by atoms with E-state index in [1.165, 1.54) is 0 Å². The number of rotatable bonds is 8. The fraction of sp³-hybridized carbons (Fsp3) is 0.238. The number of benzene rings is 2. The lowest BCUT2D eigenvalue weighted by atomic mass is 10.2. The van der Waals surface area contributed by atoms with Crippen LogP contribution in [0.3, 0.4) is 0 Å². The molecule has 2 N–H and O–H groups in total. The molecule has 2 amide bonds. The van der Waals surface area contributed by atoms with Crippen LogP contribution in [0.5, 0.6) is 0 Å². The number of para-hydroxylation sites is 1. The number of aromatic nitrogens is 3. The third-order valence-electron chi connectivity index (χ3n) is 4.49. The van der Waals surface area contributed by atoms with Crippen LogP contribution in [0.4, 0.5) is 24.5 Å². The number of halogens is 3. The maximum Gasteiger partial charge on any atom is 0.234 e. The summed E-state index contributed by atoms with van der Waals surface area (Å²) in [7, 11) is 0. The molecule has 0 aliphatic heterocycles. The van der Waals surface area contributed by atoms with E-state index in [-0.39, 0.29) is 18.1 Å². The molecule has 168 valence electrons. The molecule has 1 aromatic heterocycles. The number of nitrogens with zero attached hydrogens (tertiary/aromatic N) is 3. The van der Waals surface area contributed by atoms with Gasteiger partial charge < -0.3 is 15.2 Å². The van der Waals surface area contributed by atoms with E-state index in [0.717, 1.165) is 29.5 Å². The zero-order valence-corrected chi connectivity index (χ0v) is 18.1. The SMILES string of the molecule is CCn1c(CC(=O)Nc2ccccc2C)nnc1SCC(=O)Nc1ccc(F)c(F)c1F. The molecule has 7 nitrogen and oxygen atoms in total. The number of thioether (sulfide) groups is 1. The van der Waals surface area contributed by atoms with E-state index >= 15 is 0 Å². The van der Waals surface area contributed by atoms with Gasteiger partial charge in [0.15, 0.2) is 22.6 Å². The molecule has 0 fully saturated rings. The fourth-order valence-corrected chi connectivity index (χ4v) is 3.69. The van der Waals surface area contributed by atoms with Gasteiger partial charge in [-0.05, 0) is 37.6 Å². The molecule has 0 saturated heterocycles. The molecule has 0 bridgehead atoms. The zero-order valence-electron chi connectivity index (χ0n) is 17.3. The lowest BCUT2D eigenvalue weighted by Crippen LogP contribution is -2.18. The first-order valence-corrected chi connectivity index (χ1v) is 10.6. The van der Waals surface area contributed by atoms with Crippen molar-refractivity contribution in [2.75, 3.05) is 16.4 Å². The summed E-state index contributed by atoms with van der Waals surface area (Å²) in [6.45, 7) is 4.19. The maximum absolute atomic E-state index is 13.7. The second-order valence-electron chi connectivity index (χ2n) is 6.74. The number of amides is 2. The lowest BCUT2D eigenvalue weighted by Gasteiger charge is -2.10. The van der Waals surface area contributed by atoms with E-state index in [4.69, 9.17) is 0 Å². The summed E-state index contributed by atoms with van der Waals surface area (Å²) in [6, 6.07) is 9.05. The molecule has 1 heterocycles. The van der Waals surface area contributed by atoms with E-state index < -0.39 is 29.0 Å². The van der Waals surface area contributed by atoms with Crippen LogP contribution in [0, 0.1) is 24.4 Å². The average Bonchev–Trinajstić information content (AvgIpc) is 3.15. The van der Waals surface area contributed by atoms with Crippen molar-refractivity contribution < 1.29 is 22.8 Å². The molecular weight excluding hydrogens is 443 g/mol. The van der Waals surface area contributed by atoms with Crippen LogP contribution < -0.4 is 10.6 Å². The van der Waals surface area contributed by atoms with Crippen LogP contribution in [0.1, 0.15) is 18.3 Å². The Morgan fingerprint density at radius 2 is 1.69 bits per heavy atom. The van der Waals surface area contributed by atoms with Gasteiger partial charge in [-0.25, -0.2) is 13.2 Å². The fourth-order valence-electron chi connectivity index (χ4n) is 2.86. The minimum atomic E-state index is -1.66. The normalized spacial score (nSPS) is 10.8. The predicted molar refractivity (Wildman–Crippen MR) is 115 cm³/mol. The van der Waals surface area contributed by atoms with Crippen molar-refractivity contribution in [3.63, 3.8) is 0 Å². The summed E-state index contributed by atoms with van der Waals surface area (Å²) < 4.78 is 41.7. The number of anilines is 2. The summed E-state index contributed by atoms with van der Waals surface area (Å²) in [5, 5.41) is 13.5. The van der Waals surface area contributed by atoms with Gasteiger partial charge in [0.2, 0.25) is 11.8 Å². The molecule has 0 atom stereocenters. The highest BCUT2D eigenvalue weighted by Gasteiger charge is 2.18. The van der Waals surface area contributed by atoms with Gasteiger partial charge in [0.05, 0.1) is 17.9 Å². The number of nitrogens with one attached hydrogen (secondary N) is 2. The summed E-state index contributed by atoms with van der Waals surface area (Å²) >= 11 is 1.02. The van der Waals surface area contributed by atoms with Crippen LogP contribution in [-0.2, 0) is 22.6 Å². The van der Waals surface area contributed by atoms with Crippen LogP contribution in [-0.4, -0.2) is 32.3 Å². The van der Waals surface area contributed by atoms with Crippen LogP contribution in [0.15, 0.2) is 41.6 Å². The monoisotopic (exact) mass is 463 g/mol. The number of hydrogen-bond donors (Lipinski definition) is 2. The van der Waals surface area contributed by atoms with E-state index in [2.05, 4.69) is 20.8 Å². The first-order chi connectivity index (χ1) is 15.3. The van der Waals surface area contributed by atoms with E-state index in [1.54, 1.807) is 10.6 Å². The van der Waals surface area contributed by atoms with Gasteiger partial charge in [0.25, 0.3) is 0 Å². The van der Waals surface area contributed by atoms with E-state index in [0.29, 0.717) is 23.2 Å². The highest BCUT2D eigenvalue weighted by atomic mass is 32.2. The highest BCUT2D eigenvalue weighted by molar-refractivity contribution is 7.99. The zero-order chi connectivity index (χ0) is 23.3. The van der Waals surface area contributed by atoms with Gasteiger partial charge >= 0.3 is 0 Å². The van der Waals surface area contributed by atoms with Gasteiger partial charge in [-0.15, -0.1) is 10.2 Å². The molecule has 2 aromatic carbocycles. The topological polar surface area (TPSA) is 88.9 Å². The Hall–Kier alpha value is -3.34. The van der Waals surface area contributed by atoms with Crippen LogP contribution in [0.25, 0.3) is 0 Å². The van der Waals surface area contributed by atoms with Gasteiger partial charge in [-0.1, -0.05) is 30.0 Å². The minimum absolute atomic E-state index is 0.0119. The molecule has 3 aromatic rings. The molecule has 32 heavy (non-hydrogen) atoms. The number of aryl methyl sites for hydroxylation is 1. The molecule has 3 rings (SSSR count). The van der Waals surface area contributed by atoms with Crippen molar-refractivity contribution in [3.05, 3.63) is 65.2 Å². The molecule has 11 heteroatoms. The number of hydrogen-bond acceptors (Lipinski definition) is 5. The van der Waals surface area contributed by atoms with E-state index in [1.807, 2.05) is 32.0 Å². The van der Waals surface area contributed by atoms with Crippen molar-refractivity contribution in [1.82, 2.24) is 14.8 Å². The Morgan fingerprint density at radius 1 is 0.969 bits per heavy atom. The quantitative estimate of drug-likeness (QED) is 0.390. The van der Waals surface area contributed by atoms with Crippen molar-refractivity contribution in [3.8, 4) is 0 Å². The van der Waals surface area contributed by atoms with Gasteiger partial charge in [0, 0.05) is 12.2 Å². The molecule has 0 radical (unpaired) electrons. The van der Waals surface area contributed by atoms with E-state index in [9.17, 15) is 22.8 Å². The smallest absolute Gasteiger partial charge is 0.234 e. The first kappa shape index (κ1) is 23.3. The molecule has 0 unspecified atom stereocenters. The molecule has 0 aliphatic rings. The summed E-state index contributed by atoms with van der Waals surface area (Å²) in [6.07, 6.45) is -0.0119. The summed E-state index contributed by atoms with van der Waals surface area (Å²) in [4.78, 5) is 24.5. The van der Waals surface area contributed by atoms with Crippen LogP contribution >= 0.6 is 11.8 Å². The third kappa shape index (κ3) is 5.47. The largest absolute Gasteiger partial charge is 0.325 e. The highest BCUT2D eigenvalue weighted by Crippen LogP contribution is 2.22. The van der Waals surface area contributed by atoms with Crippen molar-refractivity contribution in [2.24, 2.45) is 0 Å². The first-order valence-electron chi connectivity index (χ1n) is 9.63. The Morgan fingerprint density at radius 3 is 2.41 bits per heavy atom. The standard InChI is InChI=1S/C21H20F3N5O2S/c1-3-29-16(10-17(30)25-14-7-5-4-6-12(14)2)27-28-21(29)32-11-18(31)26-15-9-8-13(22)19(23)20(15)24/h4-9H,3,10-11H2,1-2H3,(H,25,30)(H,26,31). The predicted octanol–water partition coefficient (Wildman–Crippen LogP) is 3.94. The van der Waals surface area contributed by atoms with Gasteiger partial charge in [-0.2, -0.15) is 0 Å². The van der Waals surface area contributed by atoms with Crippen molar-refractivity contribution in [2.45, 2.75) is 32.0 Å². The Kier molecular flexibility index (Phi) is 7.52. The Bertz CT molecular complexity index is 1150. The minimum Gasteiger partial charge on any atom is -0.325 e. The lowest BCUT2D eigenvalue weighted by molar-refractivity contribution is -0.116. The number of carbonyl (C=O) groups is 2. The molecule has 0 saturated carbocycles. The average molecular weight is 463 g/mol. The maximum atomic E-state index is 13.7. The van der Waals surface area contributed by atoms with Gasteiger partial charge in [0.1, 0.15) is 5.82 Å². The number of carbonyl (C=O) groups excluding carboxylic acids is 2. The third-order valence-corrected chi connectivity index (χ3v) is 5.46. The second kappa shape index (κ2) is 10.3.